The smallest absolute Gasteiger partial charge is 0.361 e. The molecule has 2 rings (SSSR count). The van der Waals surface area contributed by atoms with Crippen LogP contribution in [-0.2, 0) is 4.74 Å². The average molecular weight is 267 g/mol. The molecule has 0 amide bonds. The second-order valence-corrected chi connectivity index (χ2v) is 3.69. The van der Waals surface area contributed by atoms with Crippen LogP contribution in [0.1, 0.15) is 17.4 Å². The minimum atomic E-state index is -0.807. The van der Waals surface area contributed by atoms with Crippen LogP contribution >= 0.6 is 0 Å². The molecule has 0 fully saturated rings. The Morgan fingerprint density at radius 3 is 2.84 bits per heavy atom. The third-order valence-corrected chi connectivity index (χ3v) is 2.37. The predicted molar refractivity (Wildman–Crippen MR) is 63.8 cm³/mol. The molecule has 2 aromatic rings. The molecule has 7 heteroatoms. The first kappa shape index (κ1) is 13.0. The number of esters is 1. The van der Waals surface area contributed by atoms with Gasteiger partial charge < -0.3 is 10.5 Å². The first-order chi connectivity index (χ1) is 9.02. The fourth-order valence-electron chi connectivity index (χ4n) is 1.54. The number of hydrogen-bond donors (Lipinski definition) is 1. The first-order valence-electron chi connectivity index (χ1n) is 5.50. The maximum atomic E-state index is 13.6. The fraction of sp³-hybridized carbons (Fsp3) is 0.167. The number of aromatic nitrogens is 2. The molecule has 0 spiro atoms. The zero-order valence-corrected chi connectivity index (χ0v) is 10.1. The Kier molecular flexibility index (Phi) is 3.46. The lowest BCUT2D eigenvalue weighted by molar-refractivity contribution is 0.0520. The highest BCUT2D eigenvalue weighted by Gasteiger charge is 2.17. The zero-order valence-electron chi connectivity index (χ0n) is 10.1. The van der Waals surface area contributed by atoms with E-state index in [0.717, 1.165) is 16.8 Å². The third kappa shape index (κ3) is 2.54. The van der Waals surface area contributed by atoms with Crippen molar-refractivity contribution < 1.29 is 18.3 Å². The van der Waals surface area contributed by atoms with Crippen molar-refractivity contribution in [3.63, 3.8) is 0 Å². The number of anilines is 1. The summed E-state index contributed by atoms with van der Waals surface area (Å²) >= 11 is 0. The number of benzene rings is 1. The van der Waals surface area contributed by atoms with Crippen LogP contribution in [0.4, 0.5) is 14.5 Å². The number of hydrogen-bond acceptors (Lipinski definition) is 4. The van der Waals surface area contributed by atoms with E-state index in [-0.39, 0.29) is 23.7 Å². The lowest BCUT2D eigenvalue weighted by Crippen LogP contribution is -2.08. The number of ether oxygens (including phenoxy) is 1. The quantitative estimate of drug-likeness (QED) is 0.862. The normalized spacial score (nSPS) is 10.5. The van der Waals surface area contributed by atoms with Crippen LogP contribution in [0.3, 0.4) is 0 Å². The lowest BCUT2D eigenvalue weighted by atomic mass is 10.3. The van der Waals surface area contributed by atoms with Gasteiger partial charge in [0.25, 0.3) is 0 Å². The van der Waals surface area contributed by atoms with Crippen LogP contribution in [-0.4, -0.2) is 22.4 Å². The Hall–Kier alpha value is -2.44. The molecule has 0 unspecified atom stereocenters. The highest BCUT2D eigenvalue weighted by atomic mass is 19.1. The molecular formula is C12H11F2N3O2. The van der Waals surface area contributed by atoms with Crippen molar-refractivity contribution in [2.45, 2.75) is 6.92 Å². The molecule has 0 aliphatic heterocycles. The van der Waals surface area contributed by atoms with Gasteiger partial charge >= 0.3 is 5.97 Å². The monoisotopic (exact) mass is 267 g/mol. The van der Waals surface area contributed by atoms with Gasteiger partial charge in [-0.2, -0.15) is 5.10 Å². The van der Waals surface area contributed by atoms with Crippen LogP contribution in [0, 0.1) is 11.6 Å². The van der Waals surface area contributed by atoms with Crippen LogP contribution in [0.5, 0.6) is 0 Å². The van der Waals surface area contributed by atoms with E-state index in [1.54, 1.807) is 6.92 Å². The minimum Gasteiger partial charge on any atom is -0.461 e. The minimum absolute atomic E-state index is 0.0105. The van der Waals surface area contributed by atoms with Crippen molar-refractivity contribution in [2.24, 2.45) is 0 Å². The Labute approximate surface area is 107 Å². The standard InChI is InChI=1S/C12H11F2N3O2/c1-2-19-12(18)11-9(15)6-17(16-11)10-4-3-7(13)5-8(10)14/h3-6H,2,15H2,1H3. The number of nitrogen functional groups attached to an aromatic ring is 1. The fourth-order valence-corrected chi connectivity index (χ4v) is 1.54. The molecule has 5 nitrogen and oxygen atoms in total. The van der Waals surface area contributed by atoms with Crippen LogP contribution in [0.25, 0.3) is 5.69 Å². The third-order valence-electron chi connectivity index (χ3n) is 2.37. The van der Waals surface area contributed by atoms with Crippen molar-refractivity contribution in [3.05, 3.63) is 41.7 Å². The van der Waals surface area contributed by atoms with E-state index < -0.39 is 17.6 Å². The summed E-state index contributed by atoms with van der Waals surface area (Å²) in [5, 5.41) is 3.84. The van der Waals surface area contributed by atoms with E-state index in [9.17, 15) is 13.6 Å². The van der Waals surface area contributed by atoms with Gasteiger partial charge in [-0.1, -0.05) is 0 Å². The average Bonchev–Trinajstić information content (AvgIpc) is 2.71. The van der Waals surface area contributed by atoms with Gasteiger partial charge in [0.1, 0.15) is 11.5 Å². The highest BCUT2D eigenvalue weighted by molar-refractivity contribution is 5.92. The number of rotatable bonds is 3. The van der Waals surface area contributed by atoms with Crippen LogP contribution in [0.15, 0.2) is 24.4 Å². The number of carbonyl (C=O) groups is 1. The Bertz CT molecular complexity index is 625. The molecule has 0 saturated heterocycles. The number of nitrogens with two attached hydrogens (primary N) is 1. The van der Waals surface area contributed by atoms with E-state index in [2.05, 4.69) is 5.10 Å². The largest absolute Gasteiger partial charge is 0.461 e. The van der Waals surface area contributed by atoms with E-state index in [0.29, 0.717) is 0 Å². The van der Waals surface area contributed by atoms with E-state index >= 15 is 0 Å². The number of halogens is 2. The molecule has 0 saturated carbocycles. The SMILES string of the molecule is CCOC(=O)c1nn(-c2ccc(F)cc2F)cc1N. The van der Waals surface area contributed by atoms with Crippen LogP contribution < -0.4 is 5.73 Å². The summed E-state index contributed by atoms with van der Waals surface area (Å²) in [6, 6.07) is 3.00. The van der Waals surface area contributed by atoms with Crippen molar-refractivity contribution >= 4 is 11.7 Å². The van der Waals surface area contributed by atoms with Gasteiger partial charge in [-0.3, -0.25) is 0 Å². The zero-order chi connectivity index (χ0) is 14.0. The summed E-state index contributed by atoms with van der Waals surface area (Å²) in [5.74, 6) is -2.20. The summed E-state index contributed by atoms with van der Waals surface area (Å²) in [6.45, 7) is 1.82. The van der Waals surface area contributed by atoms with Crippen molar-refractivity contribution in [1.82, 2.24) is 9.78 Å². The maximum absolute atomic E-state index is 13.6. The van der Waals surface area contributed by atoms with Gasteiger partial charge in [0.15, 0.2) is 11.5 Å². The molecule has 1 aromatic carbocycles. The maximum Gasteiger partial charge on any atom is 0.361 e. The molecule has 0 aliphatic rings. The first-order valence-corrected chi connectivity index (χ1v) is 5.50. The number of carbonyl (C=O) groups excluding carboxylic acids is 1. The van der Waals surface area contributed by atoms with Gasteiger partial charge in [0.2, 0.25) is 0 Å². The summed E-state index contributed by atoms with van der Waals surface area (Å²) < 4.78 is 32.2. The number of nitrogens with zero attached hydrogens (tertiary/aromatic N) is 2. The molecule has 100 valence electrons. The topological polar surface area (TPSA) is 70.1 Å². The summed E-state index contributed by atoms with van der Waals surface area (Å²) in [5.41, 5.74) is 5.55. The van der Waals surface area contributed by atoms with Gasteiger partial charge in [-0.15, -0.1) is 0 Å². The van der Waals surface area contributed by atoms with Crippen molar-refractivity contribution in [2.75, 3.05) is 12.3 Å². The Morgan fingerprint density at radius 1 is 1.47 bits per heavy atom. The van der Waals surface area contributed by atoms with Crippen LogP contribution in [0.2, 0.25) is 0 Å². The molecule has 0 atom stereocenters. The molecule has 0 bridgehead atoms. The molecule has 0 aliphatic carbocycles. The lowest BCUT2D eigenvalue weighted by Gasteiger charge is -2.02. The van der Waals surface area contributed by atoms with Gasteiger partial charge in [-0.05, 0) is 19.1 Å². The summed E-state index contributed by atoms with van der Waals surface area (Å²) in [6.07, 6.45) is 1.27. The Balaban J connectivity index is 2.42. The second-order valence-electron chi connectivity index (χ2n) is 3.69. The molecule has 1 heterocycles. The summed E-state index contributed by atoms with van der Waals surface area (Å²) in [7, 11) is 0. The second kappa shape index (κ2) is 5.05. The van der Waals surface area contributed by atoms with Gasteiger partial charge in [0.05, 0.1) is 18.5 Å². The molecular weight excluding hydrogens is 256 g/mol. The van der Waals surface area contributed by atoms with Gasteiger partial charge in [0, 0.05) is 6.07 Å². The molecule has 19 heavy (non-hydrogen) atoms. The molecule has 0 radical (unpaired) electrons. The highest BCUT2D eigenvalue weighted by Crippen LogP contribution is 2.18. The van der Waals surface area contributed by atoms with Crippen molar-refractivity contribution in [3.8, 4) is 5.69 Å². The van der Waals surface area contributed by atoms with E-state index in [1.807, 2.05) is 0 Å². The predicted octanol–water partition coefficient (Wildman–Crippen LogP) is 1.91. The van der Waals surface area contributed by atoms with E-state index in [4.69, 9.17) is 10.5 Å². The van der Waals surface area contributed by atoms with E-state index in [1.165, 1.54) is 12.3 Å². The van der Waals surface area contributed by atoms with Crippen molar-refractivity contribution in [1.29, 1.82) is 0 Å². The Morgan fingerprint density at radius 2 is 2.21 bits per heavy atom. The van der Waals surface area contributed by atoms with Gasteiger partial charge in [-0.25, -0.2) is 18.3 Å². The summed E-state index contributed by atoms with van der Waals surface area (Å²) in [4.78, 5) is 11.5. The molecule has 1 aromatic heterocycles. The molecule has 2 N–H and O–H groups in total.